The minimum Gasteiger partial charge on any atom is -0.377 e. The second-order valence-corrected chi connectivity index (χ2v) is 6.32. The topological polar surface area (TPSA) is 81.5 Å². The number of hydrogen-bond acceptors (Lipinski definition) is 5. The third kappa shape index (κ3) is 4.33. The average Bonchev–Trinajstić information content (AvgIpc) is 2.84. The molecule has 0 aromatic heterocycles. The van der Waals surface area contributed by atoms with Gasteiger partial charge in [-0.3, -0.25) is 14.9 Å². The molecule has 21 heavy (non-hydrogen) atoms. The monoisotopic (exact) mass is 330 g/mol. The highest BCUT2D eigenvalue weighted by atomic mass is 35.5. The van der Waals surface area contributed by atoms with Gasteiger partial charge in [-0.15, -0.1) is 11.8 Å². The van der Waals surface area contributed by atoms with Gasteiger partial charge in [0.05, 0.1) is 27.5 Å². The quantitative estimate of drug-likeness (QED) is 0.662. The number of nitrogens with one attached hydrogen (secondary N) is 1. The number of nitro groups is 1. The Labute approximate surface area is 131 Å². The van der Waals surface area contributed by atoms with E-state index in [-0.39, 0.29) is 22.7 Å². The van der Waals surface area contributed by atoms with Gasteiger partial charge in [-0.25, -0.2) is 0 Å². The van der Waals surface area contributed by atoms with Crippen LogP contribution in [0.1, 0.15) is 13.3 Å². The third-order valence-corrected chi connectivity index (χ3v) is 4.96. The van der Waals surface area contributed by atoms with Gasteiger partial charge >= 0.3 is 0 Å². The first kappa shape index (κ1) is 16.1. The number of rotatable bonds is 5. The molecule has 1 heterocycles. The van der Waals surface area contributed by atoms with Gasteiger partial charge in [0.1, 0.15) is 0 Å². The highest BCUT2D eigenvalue weighted by molar-refractivity contribution is 8.00. The molecule has 6 nitrogen and oxygen atoms in total. The molecule has 1 aromatic carbocycles. The summed E-state index contributed by atoms with van der Waals surface area (Å²) in [5, 5.41) is 13.7. The van der Waals surface area contributed by atoms with Gasteiger partial charge in [-0.05, 0) is 19.4 Å². The molecule has 1 amide bonds. The molecule has 0 radical (unpaired) electrons. The number of halogens is 1. The lowest BCUT2D eigenvalue weighted by atomic mass is 10.3. The zero-order chi connectivity index (χ0) is 15.4. The number of nitro benzene ring substituents is 1. The Morgan fingerprint density at radius 1 is 1.62 bits per heavy atom. The van der Waals surface area contributed by atoms with Gasteiger partial charge in [0.15, 0.2) is 0 Å². The van der Waals surface area contributed by atoms with Crippen LogP contribution in [-0.4, -0.2) is 34.5 Å². The van der Waals surface area contributed by atoms with Crippen LogP contribution in [0.15, 0.2) is 18.2 Å². The van der Waals surface area contributed by atoms with Gasteiger partial charge in [0.25, 0.3) is 5.69 Å². The van der Waals surface area contributed by atoms with Crippen molar-refractivity contribution in [3.8, 4) is 0 Å². The summed E-state index contributed by atoms with van der Waals surface area (Å²) in [6, 6.07) is 3.96. The van der Waals surface area contributed by atoms with E-state index in [4.69, 9.17) is 16.3 Å². The Kier molecular flexibility index (Phi) is 5.44. The standard InChI is InChI=1S/C13H15ClN2O4S/c1-8-12(4-5-20-8)21-7-13(17)15-11-3-2-9(16(18)19)6-10(11)14/h2-3,6,8,12H,4-5,7H2,1H3,(H,15,17)/t8-,12+/m1/s1. The summed E-state index contributed by atoms with van der Waals surface area (Å²) in [5.74, 6) is 0.112. The summed E-state index contributed by atoms with van der Waals surface area (Å²) in [4.78, 5) is 22.0. The molecule has 2 rings (SSSR count). The predicted octanol–water partition coefficient (Wildman–Crippen LogP) is 3.10. The molecule has 0 aliphatic carbocycles. The first-order valence-corrected chi connectivity index (χ1v) is 7.87. The molecule has 8 heteroatoms. The maximum absolute atomic E-state index is 11.9. The Balaban J connectivity index is 1.89. The van der Waals surface area contributed by atoms with E-state index in [9.17, 15) is 14.9 Å². The zero-order valence-electron chi connectivity index (χ0n) is 11.4. The van der Waals surface area contributed by atoms with Crippen molar-refractivity contribution in [2.45, 2.75) is 24.7 Å². The Bertz CT molecular complexity index is 555. The second kappa shape index (κ2) is 7.11. The van der Waals surface area contributed by atoms with Gasteiger partial charge in [0.2, 0.25) is 5.91 Å². The predicted molar refractivity (Wildman–Crippen MR) is 83.0 cm³/mol. The molecule has 1 saturated heterocycles. The SMILES string of the molecule is C[C@H]1OCC[C@@H]1SCC(=O)Nc1ccc([N+](=O)[O-])cc1Cl. The second-order valence-electron chi connectivity index (χ2n) is 4.68. The fourth-order valence-corrected chi connectivity index (χ4v) is 3.29. The van der Waals surface area contributed by atoms with Crippen LogP contribution in [0, 0.1) is 10.1 Å². The van der Waals surface area contributed by atoms with Crippen LogP contribution in [0.3, 0.4) is 0 Å². The highest BCUT2D eigenvalue weighted by Crippen LogP contribution is 2.28. The molecule has 0 saturated carbocycles. The number of non-ortho nitro benzene ring substituents is 1. The lowest BCUT2D eigenvalue weighted by Gasteiger charge is -2.13. The number of amides is 1. The summed E-state index contributed by atoms with van der Waals surface area (Å²) in [6.07, 6.45) is 1.10. The molecule has 1 aliphatic heterocycles. The average molecular weight is 331 g/mol. The summed E-state index contributed by atoms with van der Waals surface area (Å²) < 4.78 is 5.43. The number of ether oxygens (including phenoxy) is 1. The molecule has 114 valence electrons. The van der Waals surface area contributed by atoms with Crippen LogP contribution < -0.4 is 5.32 Å². The van der Waals surface area contributed by atoms with Crippen LogP contribution in [0.4, 0.5) is 11.4 Å². The van der Waals surface area contributed by atoms with Crippen molar-refractivity contribution in [3.05, 3.63) is 33.3 Å². The van der Waals surface area contributed by atoms with Crippen molar-refractivity contribution in [1.82, 2.24) is 0 Å². The zero-order valence-corrected chi connectivity index (χ0v) is 12.9. The summed E-state index contributed by atoms with van der Waals surface area (Å²) in [5.41, 5.74) is 0.271. The smallest absolute Gasteiger partial charge is 0.271 e. The molecular weight excluding hydrogens is 316 g/mol. The molecule has 1 aromatic rings. The lowest BCUT2D eigenvalue weighted by Crippen LogP contribution is -2.20. The van der Waals surface area contributed by atoms with Gasteiger partial charge in [-0.1, -0.05) is 11.6 Å². The van der Waals surface area contributed by atoms with Crippen LogP contribution >= 0.6 is 23.4 Å². The van der Waals surface area contributed by atoms with E-state index in [2.05, 4.69) is 5.32 Å². The van der Waals surface area contributed by atoms with Crippen molar-refractivity contribution in [2.24, 2.45) is 0 Å². The van der Waals surface area contributed by atoms with Crippen molar-refractivity contribution in [1.29, 1.82) is 0 Å². The van der Waals surface area contributed by atoms with E-state index in [0.29, 0.717) is 16.7 Å². The minimum atomic E-state index is -0.533. The molecule has 1 fully saturated rings. The maximum atomic E-state index is 11.9. The van der Waals surface area contributed by atoms with Crippen molar-refractivity contribution >= 4 is 40.6 Å². The third-order valence-electron chi connectivity index (χ3n) is 3.17. The summed E-state index contributed by atoms with van der Waals surface area (Å²) in [6.45, 7) is 2.73. The lowest BCUT2D eigenvalue weighted by molar-refractivity contribution is -0.384. The van der Waals surface area contributed by atoms with E-state index < -0.39 is 4.92 Å². The molecule has 0 unspecified atom stereocenters. The maximum Gasteiger partial charge on any atom is 0.271 e. The van der Waals surface area contributed by atoms with Gasteiger partial charge in [-0.2, -0.15) is 0 Å². The van der Waals surface area contributed by atoms with E-state index in [1.807, 2.05) is 6.92 Å². The molecule has 1 aliphatic rings. The number of nitrogens with zero attached hydrogens (tertiary/aromatic N) is 1. The number of carbonyl (C=O) groups is 1. The molecule has 2 atom stereocenters. The van der Waals surface area contributed by atoms with E-state index in [1.165, 1.54) is 18.2 Å². The van der Waals surface area contributed by atoms with Crippen molar-refractivity contribution in [2.75, 3.05) is 17.7 Å². The normalized spacial score (nSPS) is 21.2. The Morgan fingerprint density at radius 3 is 2.95 bits per heavy atom. The Hall–Kier alpha value is -1.31. The van der Waals surface area contributed by atoms with Gasteiger partial charge < -0.3 is 10.1 Å². The number of thioether (sulfide) groups is 1. The van der Waals surface area contributed by atoms with Crippen LogP contribution in [0.2, 0.25) is 5.02 Å². The van der Waals surface area contributed by atoms with Crippen LogP contribution in [-0.2, 0) is 9.53 Å². The summed E-state index contributed by atoms with van der Waals surface area (Å²) >= 11 is 7.47. The Morgan fingerprint density at radius 2 is 2.38 bits per heavy atom. The highest BCUT2D eigenvalue weighted by Gasteiger charge is 2.25. The van der Waals surface area contributed by atoms with E-state index in [1.54, 1.807) is 11.8 Å². The minimum absolute atomic E-state index is 0.107. The first-order chi connectivity index (χ1) is 9.97. The number of benzene rings is 1. The largest absolute Gasteiger partial charge is 0.377 e. The molecule has 0 bridgehead atoms. The molecular formula is C13H15ClN2O4S. The van der Waals surface area contributed by atoms with Gasteiger partial charge in [0, 0.05) is 24.0 Å². The molecule has 0 spiro atoms. The number of anilines is 1. The summed E-state index contributed by atoms with van der Waals surface area (Å²) in [7, 11) is 0. The number of hydrogen-bond donors (Lipinski definition) is 1. The van der Waals surface area contributed by atoms with Crippen molar-refractivity contribution in [3.63, 3.8) is 0 Å². The van der Waals surface area contributed by atoms with Crippen molar-refractivity contribution < 1.29 is 14.5 Å². The van der Waals surface area contributed by atoms with Crippen LogP contribution in [0.5, 0.6) is 0 Å². The fraction of sp³-hybridized carbons (Fsp3) is 0.462. The molecule has 1 N–H and O–H groups in total. The van der Waals surface area contributed by atoms with E-state index >= 15 is 0 Å². The number of carbonyl (C=O) groups excluding carboxylic acids is 1. The first-order valence-electron chi connectivity index (χ1n) is 6.44. The van der Waals surface area contributed by atoms with E-state index in [0.717, 1.165) is 13.0 Å². The fourth-order valence-electron chi connectivity index (χ4n) is 2.02. The van der Waals surface area contributed by atoms with Crippen LogP contribution in [0.25, 0.3) is 0 Å².